The maximum atomic E-state index is 12.5. The number of aliphatic hydroxyl groups excluding tert-OH is 2. The van der Waals surface area contributed by atoms with Crippen molar-refractivity contribution in [2.24, 2.45) is 0 Å². The van der Waals surface area contributed by atoms with Crippen molar-refractivity contribution in [2.75, 3.05) is 13.2 Å². The molecule has 1 amide bonds. The Balaban J connectivity index is 3.45. The number of allylic oxidation sites excluding steroid dienone is 5. The van der Waals surface area contributed by atoms with Gasteiger partial charge >= 0.3 is 5.97 Å². The largest absolute Gasteiger partial charge is 0.466 e. The Labute approximate surface area is 436 Å². The van der Waals surface area contributed by atoms with Gasteiger partial charge < -0.3 is 20.3 Å². The number of carbonyl (C=O) groups is 2. The van der Waals surface area contributed by atoms with Gasteiger partial charge in [-0.2, -0.15) is 0 Å². The number of esters is 1. The zero-order valence-electron chi connectivity index (χ0n) is 47.0. The molecule has 412 valence electrons. The van der Waals surface area contributed by atoms with Crippen molar-refractivity contribution in [1.29, 1.82) is 0 Å². The first kappa shape index (κ1) is 68.1. The van der Waals surface area contributed by atoms with E-state index in [1.54, 1.807) is 6.08 Å². The van der Waals surface area contributed by atoms with Crippen LogP contribution in [0.5, 0.6) is 0 Å². The lowest BCUT2D eigenvalue weighted by Crippen LogP contribution is -2.45. The van der Waals surface area contributed by atoms with Gasteiger partial charge in [0.15, 0.2) is 0 Å². The minimum Gasteiger partial charge on any atom is -0.466 e. The van der Waals surface area contributed by atoms with Crippen molar-refractivity contribution in [3.63, 3.8) is 0 Å². The van der Waals surface area contributed by atoms with E-state index in [1.807, 2.05) is 6.08 Å². The van der Waals surface area contributed by atoms with E-state index < -0.39 is 12.1 Å². The van der Waals surface area contributed by atoms with E-state index in [1.165, 1.54) is 257 Å². The van der Waals surface area contributed by atoms with Gasteiger partial charge in [-0.15, -0.1) is 0 Å². The third kappa shape index (κ3) is 55.4. The van der Waals surface area contributed by atoms with Gasteiger partial charge in [0.25, 0.3) is 0 Å². The maximum Gasteiger partial charge on any atom is 0.305 e. The Bertz CT molecular complexity index is 1130. The normalized spacial score (nSPS) is 12.8. The molecular formula is C64H121NO5. The van der Waals surface area contributed by atoms with Crippen LogP contribution in [0.4, 0.5) is 0 Å². The molecule has 0 rings (SSSR count). The molecule has 0 aliphatic rings. The average Bonchev–Trinajstić information content (AvgIpc) is 3.36. The fourth-order valence-corrected chi connectivity index (χ4v) is 9.59. The molecule has 2 unspecified atom stereocenters. The summed E-state index contributed by atoms with van der Waals surface area (Å²) in [5, 5.41) is 23.2. The SMILES string of the molecule is CCCC/C=C\C/C=C\CCCCCCCC(=O)OCCCCCCCCCCCCCCCCCCCCC(=O)NC(CO)C(O)/C=C/CCCCCCCCCCCCCCCCCCCCC. The molecule has 0 spiro atoms. The fraction of sp³-hybridized carbons (Fsp3) is 0.875. The topological polar surface area (TPSA) is 95.9 Å². The van der Waals surface area contributed by atoms with Crippen LogP contribution in [0.15, 0.2) is 36.5 Å². The van der Waals surface area contributed by atoms with E-state index in [0.29, 0.717) is 19.4 Å². The highest BCUT2D eigenvalue weighted by atomic mass is 16.5. The molecular weight excluding hydrogens is 863 g/mol. The van der Waals surface area contributed by atoms with Crippen molar-refractivity contribution in [3.05, 3.63) is 36.5 Å². The molecule has 2 atom stereocenters. The highest BCUT2D eigenvalue weighted by molar-refractivity contribution is 5.76. The molecule has 6 heteroatoms. The lowest BCUT2D eigenvalue weighted by molar-refractivity contribution is -0.143. The second kappa shape index (κ2) is 59.6. The van der Waals surface area contributed by atoms with Crippen molar-refractivity contribution in [3.8, 4) is 0 Å². The third-order valence-corrected chi connectivity index (χ3v) is 14.4. The Morgan fingerprint density at radius 2 is 0.729 bits per heavy atom. The van der Waals surface area contributed by atoms with E-state index in [0.717, 1.165) is 51.4 Å². The first-order valence-corrected chi connectivity index (χ1v) is 31.3. The van der Waals surface area contributed by atoms with Crippen LogP contribution in [-0.4, -0.2) is 47.4 Å². The van der Waals surface area contributed by atoms with Crippen LogP contribution in [0, 0.1) is 0 Å². The molecule has 0 aliphatic carbocycles. The molecule has 0 saturated heterocycles. The number of unbranched alkanes of at least 4 members (excludes halogenated alkanes) is 43. The second-order valence-electron chi connectivity index (χ2n) is 21.4. The minimum absolute atomic E-state index is 0.00788. The van der Waals surface area contributed by atoms with E-state index in [9.17, 15) is 19.8 Å². The van der Waals surface area contributed by atoms with Gasteiger partial charge in [0, 0.05) is 12.8 Å². The highest BCUT2D eigenvalue weighted by Gasteiger charge is 2.18. The Morgan fingerprint density at radius 1 is 0.400 bits per heavy atom. The molecule has 0 heterocycles. The molecule has 0 saturated carbocycles. The van der Waals surface area contributed by atoms with Crippen LogP contribution in [0.1, 0.15) is 335 Å². The number of aliphatic hydroxyl groups is 2. The first-order valence-electron chi connectivity index (χ1n) is 31.3. The smallest absolute Gasteiger partial charge is 0.305 e. The van der Waals surface area contributed by atoms with E-state index in [2.05, 4.69) is 43.5 Å². The molecule has 0 radical (unpaired) electrons. The molecule has 6 nitrogen and oxygen atoms in total. The molecule has 0 aromatic carbocycles. The lowest BCUT2D eigenvalue weighted by atomic mass is 10.0. The predicted octanol–water partition coefficient (Wildman–Crippen LogP) is 19.6. The predicted molar refractivity (Wildman–Crippen MR) is 306 cm³/mol. The summed E-state index contributed by atoms with van der Waals surface area (Å²) in [7, 11) is 0. The van der Waals surface area contributed by atoms with Crippen LogP contribution >= 0.6 is 0 Å². The first-order chi connectivity index (χ1) is 34.5. The van der Waals surface area contributed by atoms with Gasteiger partial charge in [-0.1, -0.05) is 301 Å². The summed E-state index contributed by atoms with van der Waals surface area (Å²) in [6.07, 6.45) is 74.6. The molecule has 0 bridgehead atoms. The quantitative estimate of drug-likeness (QED) is 0.0321. The van der Waals surface area contributed by atoms with E-state index >= 15 is 0 Å². The summed E-state index contributed by atoms with van der Waals surface area (Å²) >= 11 is 0. The number of hydrogen-bond donors (Lipinski definition) is 3. The number of carbonyl (C=O) groups excluding carboxylic acids is 2. The van der Waals surface area contributed by atoms with Gasteiger partial charge in [0.1, 0.15) is 0 Å². The Morgan fingerprint density at radius 3 is 1.13 bits per heavy atom. The summed E-state index contributed by atoms with van der Waals surface area (Å²) < 4.78 is 5.47. The molecule has 70 heavy (non-hydrogen) atoms. The summed E-state index contributed by atoms with van der Waals surface area (Å²) in [6, 6.07) is -0.632. The molecule has 0 aliphatic heterocycles. The monoisotopic (exact) mass is 984 g/mol. The van der Waals surface area contributed by atoms with Crippen LogP contribution in [0.25, 0.3) is 0 Å². The fourth-order valence-electron chi connectivity index (χ4n) is 9.59. The third-order valence-electron chi connectivity index (χ3n) is 14.4. The second-order valence-corrected chi connectivity index (χ2v) is 21.4. The summed E-state index contributed by atoms with van der Waals surface area (Å²) in [4.78, 5) is 24.5. The minimum atomic E-state index is -0.849. The highest BCUT2D eigenvalue weighted by Crippen LogP contribution is 2.18. The van der Waals surface area contributed by atoms with Gasteiger partial charge in [-0.3, -0.25) is 9.59 Å². The number of ether oxygens (including phenoxy) is 1. The van der Waals surface area contributed by atoms with Gasteiger partial charge in [0.2, 0.25) is 5.91 Å². The summed E-state index contributed by atoms with van der Waals surface area (Å²) in [5.74, 6) is -0.0776. The van der Waals surface area contributed by atoms with Crippen LogP contribution in [-0.2, 0) is 14.3 Å². The van der Waals surface area contributed by atoms with Gasteiger partial charge in [-0.25, -0.2) is 0 Å². The zero-order chi connectivity index (χ0) is 50.7. The average molecular weight is 985 g/mol. The van der Waals surface area contributed by atoms with Crippen molar-refractivity contribution < 1.29 is 24.5 Å². The van der Waals surface area contributed by atoms with E-state index in [4.69, 9.17) is 4.74 Å². The van der Waals surface area contributed by atoms with Gasteiger partial charge in [-0.05, 0) is 57.8 Å². The Hall–Kier alpha value is -1.92. The van der Waals surface area contributed by atoms with Gasteiger partial charge in [0.05, 0.1) is 25.4 Å². The number of nitrogens with one attached hydrogen (secondary N) is 1. The number of rotatable bonds is 58. The van der Waals surface area contributed by atoms with Crippen molar-refractivity contribution >= 4 is 11.9 Å². The summed E-state index contributed by atoms with van der Waals surface area (Å²) in [6.45, 7) is 4.87. The number of hydrogen-bond acceptors (Lipinski definition) is 5. The van der Waals surface area contributed by atoms with Crippen LogP contribution in [0.3, 0.4) is 0 Å². The van der Waals surface area contributed by atoms with Crippen molar-refractivity contribution in [2.45, 2.75) is 347 Å². The van der Waals surface area contributed by atoms with E-state index in [-0.39, 0.29) is 18.5 Å². The van der Waals surface area contributed by atoms with Crippen LogP contribution < -0.4 is 5.32 Å². The molecule has 0 fully saturated rings. The zero-order valence-corrected chi connectivity index (χ0v) is 47.0. The molecule has 0 aromatic rings. The molecule has 0 aromatic heterocycles. The lowest BCUT2D eigenvalue weighted by Gasteiger charge is -2.20. The Kier molecular flexibility index (Phi) is 58.0. The van der Waals surface area contributed by atoms with Crippen molar-refractivity contribution in [1.82, 2.24) is 5.32 Å². The maximum absolute atomic E-state index is 12.5. The number of amides is 1. The molecule has 3 N–H and O–H groups in total. The summed E-state index contributed by atoms with van der Waals surface area (Å²) in [5.41, 5.74) is 0. The van der Waals surface area contributed by atoms with Crippen LogP contribution in [0.2, 0.25) is 0 Å². The standard InChI is InChI=1S/C64H121NO5/c1-3-5-7-9-11-13-15-17-19-20-21-22-23-26-29-32-36-40-44-48-52-56-62(67)61(60-66)65-63(68)57-53-49-45-41-37-33-30-27-24-25-28-31-35-39-43-47-51-55-59-70-64(69)58-54-50-46-42-38-34-18-16-14-12-10-8-6-4-2/h10,12,16,18,52,56,61-62,66-67H,3-9,11,13-15,17,19-51,53-55,57-60H2,1-2H3,(H,65,68)/b12-10-,18-16-,56-52+.